The summed E-state index contributed by atoms with van der Waals surface area (Å²) in [6.45, 7) is 9.55. The molecule has 4 aliphatic carbocycles. The second kappa shape index (κ2) is 18.9. The average molecular weight is 780 g/mol. The van der Waals surface area contributed by atoms with Gasteiger partial charge < -0.3 is 36.0 Å². The molecule has 55 heavy (non-hydrogen) atoms. The molecule has 0 unspecified atom stereocenters. The second-order valence-electron chi connectivity index (χ2n) is 18.3. The van der Waals surface area contributed by atoms with E-state index in [0.29, 0.717) is 83.1 Å². The van der Waals surface area contributed by atoms with Gasteiger partial charge in [0, 0.05) is 58.9 Å². The Labute approximate surface area is 326 Å². The van der Waals surface area contributed by atoms with E-state index in [4.69, 9.17) is 0 Å². The Morgan fingerprint density at radius 3 is 1.71 bits per heavy atom. The quantitative estimate of drug-likeness (QED) is 0.130. The first-order chi connectivity index (χ1) is 26.0. The molecular formula is C40H69N5O10. The Hall–Kier alpha value is -2.40. The molecule has 7 N–H and O–H groups in total. The van der Waals surface area contributed by atoms with E-state index < -0.39 is 30.1 Å². The van der Waals surface area contributed by atoms with Crippen molar-refractivity contribution < 1.29 is 49.8 Å². The van der Waals surface area contributed by atoms with Crippen LogP contribution in [-0.4, -0.2) is 177 Å². The van der Waals surface area contributed by atoms with E-state index in [9.17, 15) is 49.8 Å². The minimum absolute atomic E-state index is 0.0398. The molecule has 0 bridgehead atoms. The number of carboxylic acids is 3. The third-order valence-corrected chi connectivity index (χ3v) is 15.1. The highest BCUT2D eigenvalue weighted by Crippen LogP contribution is 2.68. The maximum Gasteiger partial charge on any atom is 0.317 e. The summed E-state index contributed by atoms with van der Waals surface area (Å²) in [5.41, 5.74) is -0.237. The van der Waals surface area contributed by atoms with Crippen LogP contribution in [0.4, 0.5) is 0 Å². The summed E-state index contributed by atoms with van der Waals surface area (Å²) in [7, 11) is 0. The monoisotopic (exact) mass is 780 g/mol. The van der Waals surface area contributed by atoms with Crippen LogP contribution >= 0.6 is 0 Å². The average Bonchev–Trinajstić information content (AvgIpc) is 3.46. The number of aliphatic carboxylic acids is 3. The largest absolute Gasteiger partial charge is 0.480 e. The molecule has 1 heterocycles. The number of aliphatic hydroxyl groups excluding tert-OH is 3. The van der Waals surface area contributed by atoms with Crippen molar-refractivity contribution in [2.75, 3.05) is 85.1 Å². The maximum atomic E-state index is 13.2. The standard InChI is InChI=1S/C40H69N5O10/c1-26(29-6-7-30-38-31(21-33(48)40(29,30)3)39(2)9-8-28(46)19-27(39)20-32(38)47)5-4-10-41-34(49)22-42-11-13-43(23-35(50)51)15-17-45(25-37(54)55)18-16-44(14-12-42)24-36(52)53/h26-33,38,46-48H,4-25H2,1-3H3,(H,41,49)(H,50,51)(H,52,53)(H,54,55)/t26-,27+,28-,29-,30+,31+,32-,33+,38+,39+,40-/m1/s1. The number of carbonyl (C=O) groups excluding carboxylic acids is 1. The van der Waals surface area contributed by atoms with Gasteiger partial charge in [-0.1, -0.05) is 20.8 Å². The number of carboxylic acid groups (broad SMARTS) is 3. The number of amides is 1. The lowest BCUT2D eigenvalue weighted by molar-refractivity contribution is -0.207. The molecule has 0 radical (unpaired) electrons. The van der Waals surface area contributed by atoms with Gasteiger partial charge in [-0.05, 0) is 104 Å². The molecule has 4 saturated carbocycles. The molecule has 0 aromatic rings. The lowest BCUT2D eigenvalue weighted by Gasteiger charge is -2.63. The van der Waals surface area contributed by atoms with Crippen LogP contribution in [0.3, 0.4) is 0 Å². The van der Waals surface area contributed by atoms with Gasteiger partial charge in [0.15, 0.2) is 0 Å². The number of aliphatic hydroxyl groups is 3. The van der Waals surface area contributed by atoms with Gasteiger partial charge in [0.2, 0.25) is 5.91 Å². The number of nitrogens with zero attached hydrogens (tertiary/aromatic N) is 4. The number of hydrogen-bond acceptors (Lipinski definition) is 11. The van der Waals surface area contributed by atoms with E-state index in [-0.39, 0.29) is 66.8 Å². The van der Waals surface area contributed by atoms with Crippen molar-refractivity contribution >= 4 is 23.8 Å². The van der Waals surface area contributed by atoms with Crippen LogP contribution in [0.2, 0.25) is 0 Å². The number of rotatable bonds is 13. The van der Waals surface area contributed by atoms with Crippen molar-refractivity contribution in [3.63, 3.8) is 0 Å². The van der Waals surface area contributed by atoms with Crippen molar-refractivity contribution in [3.05, 3.63) is 0 Å². The lowest BCUT2D eigenvalue weighted by Crippen LogP contribution is -2.62. The third-order valence-electron chi connectivity index (χ3n) is 15.1. The van der Waals surface area contributed by atoms with Gasteiger partial charge in [0.1, 0.15) is 0 Å². The number of hydrogen-bond donors (Lipinski definition) is 7. The number of carbonyl (C=O) groups is 4. The number of fused-ring (bicyclic) bond motifs is 5. The molecule has 5 fully saturated rings. The smallest absolute Gasteiger partial charge is 0.317 e. The van der Waals surface area contributed by atoms with Gasteiger partial charge in [-0.15, -0.1) is 0 Å². The zero-order valence-electron chi connectivity index (χ0n) is 33.4. The first-order valence-electron chi connectivity index (χ1n) is 20.9. The van der Waals surface area contributed by atoms with E-state index in [1.54, 1.807) is 14.7 Å². The van der Waals surface area contributed by atoms with Crippen LogP contribution in [0.5, 0.6) is 0 Å². The van der Waals surface area contributed by atoms with Crippen molar-refractivity contribution in [1.29, 1.82) is 0 Å². The van der Waals surface area contributed by atoms with Crippen LogP contribution in [0.15, 0.2) is 0 Å². The topological polar surface area (TPSA) is 215 Å². The van der Waals surface area contributed by atoms with Crippen molar-refractivity contribution in [3.8, 4) is 0 Å². The molecule has 0 spiro atoms. The van der Waals surface area contributed by atoms with Crippen LogP contribution in [0, 0.1) is 46.3 Å². The summed E-state index contributed by atoms with van der Waals surface area (Å²) >= 11 is 0. The fourth-order valence-electron chi connectivity index (χ4n) is 12.0. The number of nitrogens with one attached hydrogen (secondary N) is 1. The summed E-state index contributed by atoms with van der Waals surface area (Å²) in [5, 5.41) is 65.4. The molecule has 5 rings (SSSR count). The first-order valence-corrected chi connectivity index (χ1v) is 20.9. The minimum Gasteiger partial charge on any atom is -0.480 e. The Balaban J connectivity index is 1.14. The Morgan fingerprint density at radius 1 is 0.691 bits per heavy atom. The Morgan fingerprint density at radius 2 is 1.20 bits per heavy atom. The molecular weight excluding hydrogens is 710 g/mol. The fraction of sp³-hybridized carbons (Fsp3) is 0.900. The molecule has 11 atom stereocenters. The van der Waals surface area contributed by atoms with Gasteiger partial charge in [-0.25, -0.2) is 0 Å². The Bertz CT molecular complexity index is 1310. The Kier molecular flexibility index (Phi) is 15.0. The molecule has 15 nitrogen and oxygen atoms in total. The summed E-state index contributed by atoms with van der Waals surface area (Å²) in [6.07, 6.45) is 6.51. The van der Waals surface area contributed by atoms with Gasteiger partial charge >= 0.3 is 17.9 Å². The van der Waals surface area contributed by atoms with Crippen LogP contribution in [0.25, 0.3) is 0 Å². The van der Waals surface area contributed by atoms with Crippen LogP contribution in [-0.2, 0) is 19.2 Å². The first kappa shape index (κ1) is 43.7. The lowest BCUT2D eigenvalue weighted by atomic mass is 9.43. The molecule has 1 saturated heterocycles. The van der Waals surface area contributed by atoms with Crippen molar-refractivity contribution in [2.45, 2.75) is 96.9 Å². The van der Waals surface area contributed by atoms with Crippen LogP contribution in [0.1, 0.15) is 78.6 Å². The molecule has 1 amide bonds. The summed E-state index contributed by atoms with van der Waals surface area (Å²) in [6, 6.07) is 0. The molecule has 5 aliphatic rings. The highest BCUT2D eigenvalue weighted by atomic mass is 16.4. The third kappa shape index (κ3) is 10.6. The van der Waals surface area contributed by atoms with Gasteiger partial charge in [-0.2, -0.15) is 0 Å². The predicted molar refractivity (Wildman–Crippen MR) is 204 cm³/mol. The summed E-state index contributed by atoms with van der Waals surface area (Å²) in [4.78, 5) is 55.0. The highest BCUT2D eigenvalue weighted by Gasteiger charge is 2.65. The maximum absolute atomic E-state index is 13.2. The SMILES string of the molecule is C[C@H](CCCNC(=O)CN1CCN(CC(=O)O)CCN(CC(=O)O)CCN(CC(=O)O)CC1)[C@H]1CC[C@H]2[C@@H]3[C@H](O)C[C@@H]4C[C@H](O)CC[C@]4(C)[C@H]3C[C@H](O)[C@]12C. The van der Waals surface area contributed by atoms with Crippen molar-refractivity contribution in [1.82, 2.24) is 24.9 Å². The summed E-state index contributed by atoms with van der Waals surface area (Å²) < 4.78 is 0. The van der Waals surface area contributed by atoms with E-state index in [1.165, 1.54) is 0 Å². The molecule has 0 aromatic carbocycles. The zero-order chi connectivity index (χ0) is 40.1. The van der Waals surface area contributed by atoms with Gasteiger partial charge in [-0.3, -0.25) is 38.8 Å². The fourth-order valence-corrected chi connectivity index (χ4v) is 12.0. The van der Waals surface area contributed by atoms with E-state index in [0.717, 1.165) is 51.4 Å². The molecule has 15 heteroatoms. The van der Waals surface area contributed by atoms with Crippen molar-refractivity contribution in [2.24, 2.45) is 46.3 Å². The molecule has 0 aromatic heterocycles. The predicted octanol–water partition coefficient (Wildman–Crippen LogP) is 0.956. The second-order valence-corrected chi connectivity index (χ2v) is 18.3. The van der Waals surface area contributed by atoms with Gasteiger partial charge in [0.25, 0.3) is 0 Å². The normalized spacial score (nSPS) is 37.7. The van der Waals surface area contributed by atoms with Gasteiger partial charge in [0.05, 0.1) is 44.5 Å². The van der Waals surface area contributed by atoms with Crippen LogP contribution < -0.4 is 5.32 Å². The molecule has 314 valence electrons. The van der Waals surface area contributed by atoms with E-state index in [2.05, 4.69) is 26.1 Å². The summed E-state index contributed by atoms with van der Waals surface area (Å²) in [5.74, 6) is -1.52. The zero-order valence-corrected chi connectivity index (χ0v) is 33.4. The van der Waals surface area contributed by atoms with E-state index >= 15 is 0 Å². The minimum atomic E-state index is -1.01. The van der Waals surface area contributed by atoms with E-state index in [1.807, 2.05) is 4.90 Å². The molecule has 1 aliphatic heterocycles. The highest BCUT2D eigenvalue weighted by molar-refractivity contribution is 5.78.